The number of hydrogen-bond acceptors (Lipinski definition) is 6. The number of aromatic amines is 1. The van der Waals surface area contributed by atoms with E-state index < -0.39 is 0 Å². The van der Waals surface area contributed by atoms with Crippen LogP contribution in [0.15, 0.2) is 47.9 Å². The lowest BCUT2D eigenvalue weighted by Crippen LogP contribution is -2.26. The van der Waals surface area contributed by atoms with Crippen molar-refractivity contribution in [3.05, 3.63) is 54.0 Å². The van der Waals surface area contributed by atoms with E-state index in [4.69, 9.17) is 15.2 Å². The molecule has 3 N–H and O–H groups in total. The second-order valence-corrected chi connectivity index (χ2v) is 7.08. The van der Waals surface area contributed by atoms with Crippen molar-refractivity contribution in [2.75, 3.05) is 20.3 Å². The molecule has 1 aliphatic rings. The van der Waals surface area contributed by atoms with Gasteiger partial charge in [-0.05, 0) is 23.8 Å². The van der Waals surface area contributed by atoms with Crippen molar-refractivity contribution in [3.63, 3.8) is 0 Å². The molecule has 152 valence electrons. The van der Waals surface area contributed by atoms with Gasteiger partial charge in [-0.15, -0.1) is 0 Å². The third-order valence-electron chi connectivity index (χ3n) is 5.19. The summed E-state index contributed by atoms with van der Waals surface area (Å²) in [5, 5.41) is 10.6. The Hall–Kier alpha value is -3.63. The van der Waals surface area contributed by atoms with Crippen molar-refractivity contribution < 1.29 is 9.47 Å². The van der Waals surface area contributed by atoms with Gasteiger partial charge in [-0.2, -0.15) is 5.26 Å². The van der Waals surface area contributed by atoms with Crippen LogP contribution in [0, 0.1) is 11.3 Å². The number of aliphatic imine (C=N–C) groups is 1. The highest BCUT2D eigenvalue weighted by Gasteiger charge is 2.18. The number of ether oxygens (including phenoxy) is 2. The number of hydrogen-bond donors (Lipinski definition) is 2. The molecule has 0 bridgehead atoms. The number of H-pyrrole nitrogens is 1. The largest absolute Gasteiger partial charge is 0.489 e. The first-order valence-corrected chi connectivity index (χ1v) is 9.84. The van der Waals surface area contributed by atoms with E-state index in [2.05, 4.69) is 21.0 Å². The van der Waals surface area contributed by atoms with E-state index in [-0.39, 0.29) is 6.10 Å². The number of nitrogens with one attached hydrogen (secondary N) is 1. The third-order valence-corrected chi connectivity index (χ3v) is 5.19. The van der Waals surface area contributed by atoms with Crippen molar-refractivity contribution in [1.82, 2.24) is 9.97 Å². The maximum Gasteiger partial charge on any atom is 0.137 e. The lowest BCUT2D eigenvalue weighted by atomic mass is 10.0. The molecular weight excluding hydrogens is 378 g/mol. The molecule has 0 radical (unpaired) electrons. The van der Waals surface area contributed by atoms with Crippen molar-refractivity contribution in [2.45, 2.75) is 18.9 Å². The van der Waals surface area contributed by atoms with Crippen LogP contribution in [0.5, 0.6) is 5.75 Å². The molecule has 3 heterocycles. The Balaban J connectivity index is 1.70. The number of nitrogens with two attached hydrogens (primary N) is 1. The van der Waals surface area contributed by atoms with Gasteiger partial charge in [-0.25, -0.2) is 4.98 Å². The Morgan fingerprint density at radius 2 is 2.20 bits per heavy atom. The van der Waals surface area contributed by atoms with Gasteiger partial charge in [0, 0.05) is 66.8 Å². The molecule has 1 aliphatic heterocycles. The van der Waals surface area contributed by atoms with E-state index in [1.807, 2.05) is 30.5 Å². The fraction of sp³-hybridized carbons (Fsp3) is 0.261. The molecule has 0 saturated carbocycles. The number of benzene rings is 1. The monoisotopic (exact) mass is 401 g/mol. The number of pyridine rings is 1. The second-order valence-electron chi connectivity index (χ2n) is 7.08. The van der Waals surface area contributed by atoms with Crippen molar-refractivity contribution in [1.29, 1.82) is 5.26 Å². The summed E-state index contributed by atoms with van der Waals surface area (Å²) in [5.41, 5.74) is 10.6. The van der Waals surface area contributed by atoms with Crippen LogP contribution in [0.4, 0.5) is 0 Å². The molecule has 4 rings (SSSR count). The molecule has 7 heteroatoms. The predicted molar refractivity (Wildman–Crippen MR) is 117 cm³/mol. The Kier molecular flexibility index (Phi) is 5.77. The predicted octanol–water partition coefficient (Wildman–Crippen LogP) is 3.66. The first-order chi connectivity index (χ1) is 14.7. The minimum atomic E-state index is 0.0817. The molecule has 0 aliphatic carbocycles. The first-order valence-electron chi connectivity index (χ1n) is 9.84. The van der Waals surface area contributed by atoms with Crippen LogP contribution in [0.2, 0.25) is 0 Å². The highest BCUT2D eigenvalue weighted by molar-refractivity contribution is 6.10. The summed E-state index contributed by atoms with van der Waals surface area (Å²) in [7, 11) is 1.70. The van der Waals surface area contributed by atoms with Crippen molar-refractivity contribution in [2.24, 2.45) is 10.7 Å². The summed E-state index contributed by atoms with van der Waals surface area (Å²) < 4.78 is 11.4. The van der Waals surface area contributed by atoms with Crippen LogP contribution < -0.4 is 10.5 Å². The standard InChI is InChI=1S/C23H23N5O2/c1-26-12-18(11-25)17-9-20-21(14-28-23(20)27-13-17)15-2-3-22(16(8-15)10-24)30-19-4-6-29-7-5-19/h2-3,8-9,11-14,19H,4-7,25H2,1H3,(H,27,28)/b18-11+,26-12?. The summed E-state index contributed by atoms with van der Waals surface area (Å²) in [5.74, 6) is 0.610. The quantitative estimate of drug-likeness (QED) is 0.634. The number of allylic oxidation sites excluding steroid dienone is 1. The Morgan fingerprint density at radius 3 is 2.93 bits per heavy atom. The van der Waals surface area contributed by atoms with E-state index >= 15 is 0 Å². The van der Waals surface area contributed by atoms with Crippen LogP contribution in [-0.2, 0) is 4.74 Å². The number of nitriles is 1. The molecule has 0 spiro atoms. The van der Waals surface area contributed by atoms with E-state index in [1.165, 1.54) is 6.20 Å². The van der Waals surface area contributed by atoms with Gasteiger partial charge in [0.2, 0.25) is 0 Å². The fourth-order valence-corrected chi connectivity index (χ4v) is 3.61. The van der Waals surface area contributed by atoms with Crippen molar-refractivity contribution in [3.8, 4) is 22.9 Å². The maximum absolute atomic E-state index is 9.68. The summed E-state index contributed by atoms with van der Waals surface area (Å²) in [6, 6.07) is 9.98. The molecule has 1 saturated heterocycles. The van der Waals surface area contributed by atoms with Crippen molar-refractivity contribution >= 4 is 22.8 Å². The normalized spacial score (nSPS) is 15.5. The Morgan fingerprint density at radius 1 is 1.37 bits per heavy atom. The fourth-order valence-electron chi connectivity index (χ4n) is 3.61. The Bertz CT molecular complexity index is 1150. The van der Waals surface area contributed by atoms with Crippen LogP contribution >= 0.6 is 0 Å². The maximum atomic E-state index is 9.68. The van der Waals surface area contributed by atoms with E-state index in [0.29, 0.717) is 24.5 Å². The number of nitrogens with zero attached hydrogens (tertiary/aromatic N) is 3. The molecule has 0 amide bonds. The summed E-state index contributed by atoms with van der Waals surface area (Å²) in [4.78, 5) is 11.7. The van der Waals surface area contributed by atoms with Gasteiger partial charge in [0.1, 0.15) is 23.6 Å². The molecule has 2 aromatic heterocycles. The third kappa shape index (κ3) is 3.91. The zero-order chi connectivity index (χ0) is 20.9. The summed E-state index contributed by atoms with van der Waals surface area (Å²) >= 11 is 0. The molecule has 3 aromatic rings. The molecule has 30 heavy (non-hydrogen) atoms. The van der Waals surface area contributed by atoms with Gasteiger partial charge in [0.05, 0.1) is 18.8 Å². The molecule has 0 atom stereocenters. The summed E-state index contributed by atoms with van der Waals surface area (Å²) in [6.45, 7) is 1.38. The van der Waals surface area contributed by atoms with Gasteiger partial charge in [0.15, 0.2) is 0 Å². The van der Waals surface area contributed by atoms with Gasteiger partial charge >= 0.3 is 0 Å². The molecule has 0 unspecified atom stereocenters. The SMILES string of the molecule is CN=C/C(=C\N)c1cnc2[nH]cc(-c3ccc(OC4CCOCC4)c(C#N)c3)c2c1. The zero-order valence-corrected chi connectivity index (χ0v) is 16.8. The lowest BCUT2D eigenvalue weighted by Gasteiger charge is -2.23. The average Bonchev–Trinajstić information content (AvgIpc) is 3.21. The first kappa shape index (κ1) is 19.7. The second kappa shape index (κ2) is 8.80. The number of fused-ring (bicyclic) bond motifs is 1. The van der Waals surface area contributed by atoms with Crippen LogP contribution in [0.25, 0.3) is 27.7 Å². The number of rotatable bonds is 5. The van der Waals surface area contributed by atoms with Gasteiger partial charge in [0.25, 0.3) is 0 Å². The van der Waals surface area contributed by atoms with Crippen LogP contribution in [0.1, 0.15) is 24.0 Å². The molecular formula is C23H23N5O2. The highest BCUT2D eigenvalue weighted by Crippen LogP contribution is 2.33. The van der Waals surface area contributed by atoms with Gasteiger partial charge in [-0.1, -0.05) is 6.07 Å². The minimum Gasteiger partial charge on any atom is -0.489 e. The summed E-state index contributed by atoms with van der Waals surface area (Å²) in [6.07, 6.45) is 8.62. The van der Waals surface area contributed by atoms with Crippen LogP contribution in [0.3, 0.4) is 0 Å². The van der Waals surface area contributed by atoms with E-state index in [0.717, 1.165) is 46.1 Å². The van der Waals surface area contributed by atoms with Gasteiger partial charge < -0.3 is 20.2 Å². The molecule has 1 aromatic carbocycles. The number of aromatic nitrogens is 2. The molecule has 1 fully saturated rings. The zero-order valence-electron chi connectivity index (χ0n) is 16.8. The average molecular weight is 401 g/mol. The topological polar surface area (TPSA) is 109 Å². The highest BCUT2D eigenvalue weighted by atomic mass is 16.5. The van der Waals surface area contributed by atoms with E-state index in [1.54, 1.807) is 19.5 Å². The van der Waals surface area contributed by atoms with Gasteiger partial charge in [-0.3, -0.25) is 4.99 Å². The Labute approximate surface area is 174 Å². The minimum absolute atomic E-state index is 0.0817. The molecule has 7 nitrogen and oxygen atoms in total. The smallest absolute Gasteiger partial charge is 0.137 e. The lowest BCUT2D eigenvalue weighted by molar-refractivity contribution is 0.0254. The van der Waals surface area contributed by atoms with E-state index in [9.17, 15) is 5.26 Å². The van der Waals surface area contributed by atoms with Crippen LogP contribution in [-0.4, -0.2) is 42.5 Å².